The summed E-state index contributed by atoms with van der Waals surface area (Å²) in [5.41, 5.74) is 6.22. The molecule has 6 rings (SSSR count). The van der Waals surface area contributed by atoms with Gasteiger partial charge >= 0.3 is 5.97 Å². The molecule has 0 saturated carbocycles. The lowest BCUT2D eigenvalue weighted by atomic mass is 9.97. The van der Waals surface area contributed by atoms with Gasteiger partial charge in [0, 0.05) is 17.4 Å². The number of carbonyl (C=O) groups excluding carboxylic acids is 1. The zero-order valence-corrected chi connectivity index (χ0v) is 25.4. The van der Waals surface area contributed by atoms with E-state index in [2.05, 4.69) is 5.16 Å². The summed E-state index contributed by atoms with van der Waals surface area (Å²) in [6, 6.07) is 31.8. The van der Waals surface area contributed by atoms with Crippen LogP contribution in [0.2, 0.25) is 0 Å². The van der Waals surface area contributed by atoms with Crippen LogP contribution >= 0.6 is 0 Å². The maximum absolute atomic E-state index is 12.0. The summed E-state index contributed by atoms with van der Waals surface area (Å²) in [5.74, 6) is 0.315. The van der Waals surface area contributed by atoms with E-state index in [1.165, 1.54) is 18.4 Å². The first kappa shape index (κ1) is 30.6. The van der Waals surface area contributed by atoms with Crippen molar-refractivity contribution in [1.29, 1.82) is 0 Å². The number of rotatable bonds is 6. The molecule has 0 atom stereocenters. The van der Waals surface area contributed by atoms with Crippen molar-refractivity contribution in [2.24, 2.45) is 5.14 Å². The summed E-state index contributed by atoms with van der Waals surface area (Å²) < 4.78 is 56.2. The lowest BCUT2D eigenvalue weighted by molar-refractivity contribution is -0.133. The zero-order chi connectivity index (χ0) is 31.5. The standard InChI is InChI=1S/C17H14O4S.C16H14N2O3S/c1-22(19,20)14-9-7-12(8-10-14)15-11-21-17(18)16(15)13-5-3-2-4-6-13;1-11-15(12-7-9-14(10-8-12)22(17,19)20)16(18-21-11)13-5-3-2-4-6-13/h2-10H,11H2,1H3;2-10H,1H3,(H2,17,19,20). The fourth-order valence-electron chi connectivity index (χ4n) is 4.75. The number of carbonyl (C=O) groups is 1. The van der Waals surface area contributed by atoms with Crippen molar-refractivity contribution in [3.05, 3.63) is 126 Å². The van der Waals surface area contributed by atoms with Crippen LogP contribution in [-0.4, -0.2) is 40.8 Å². The van der Waals surface area contributed by atoms with E-state index in [1.54, 1.807) is 36.4 Å². The molecule has 44 heavy (non-hydrogen) atoms. The third-order valence-electron chi connectivity index (χ3n) is 6.93. The molecule has 1 aromatic heterocycles. The van der Waals surface area contributed by atoms with Gasteiger partial charge in [-0.15, -0.1) is 0 Å². The summed E-state index contributed by atoms with van der Waals surface area (Å²) in [5, 5.41) is 9.23. The molecule has 0 saturated heterocycles. The number of hydrogen-bond acceptors (Lipinski definition) is 8. The largest absolute Gasteiger partial charge is 0.457 e. The van der Waals surface area contributed by atoms with Crippen molar-refractivity contribution < 1.29 is 30.9 Å². The maximum Gasteiger partial charge on any atom is 0.339 e. The van der Waals surface area contributed by atoms with E-state index in [0.717, 1.165) is 39.1 Å². The molecule has 0 unspecified atom stereocenters. The van der Waals surface area contributed by atoms with Gasteiger partial charge in [-0.1, -0.05) is 90.1 Å². The first-order chi connectivity index (χ1) is 20.9. The number of nitrogens with two attached hydrogens (primary N) is 1. The number of nitrogens with zero attached hydrogens (tertiary/aromatic N) is 1. The van der Waals surface area contributed by atoms with Crippen LogP contribution in [-0.2, 0) is 29.4 Å². The van der Waals surface area contributed by atoms with Gasteiger partial charge in [0.15, 0.2) is 9.84 Å². The quantitative estimate of drug-likeness (QED) is 0.242. The molecule has 2 N–H and O–H groups in total. The highest BCUT2D eigenvalue weighted by molar-refractivity contribution is 7.90. The van der Waals surface area contributed by atoms with E-state index >= 15 is 0 Å². The predicted octanol–water partition coefficient (Wildman–Crippen LogP) is 5.52. The third-order valence-corrected chi connectivity index (χ3v) is 8.99. The molecular weight excluding hydrogens is 601 g/mol. The smallest absolute Gasteiger partial charge is 0.339 e. The van der Waals surface area contributed by atoms with E-state index in [1.807, 2.05) is 67.6 Å². The number of aromatic nitrogens is 1. The Balaban J connectivity index is 0.000000175. The van der Waals surface area contributed by atoms with Gasteiger partial charge < -0.3 is 9.26 Å². The van der Waals surface area contributed by atoms with Crippen molar-refractivity contribution in [3.8, 4) is 22.4 Å². The molecule has 0 aliphatic carbocycles. The molecule has 2 heterocycles. The maximum atomic E-state index is 12.0. The van der Waals surface area contributed by atoms with Crippen LogP contribution in [0.5, 0.6) is 0 Å². The molecule has 0 spiro atoms. The molecule has 11 heteroatoms. The van der Waals surface area contributed by atoms with Gasteiger partial charge in [-0.05, 0) is 47.9 Å². The van der Waals surface area contributed by atoms with Crippen LogP contribution in [0.1, 0.15) is 16.9 Å². The monoisotopic (exact) mass is 628 g/mol. The SMILES string of the molecule is CS(=O)(=O)c1ccc(C2=C(c3ccccc3)C(=O)OC2)cc1.Cc1onc(-c2ccccc2)c1-c1ccc(S(N)(=O)=O)cc1. The first-order valence-electron chi connectivity index (χ1n) is 13.3. The molecule has 1 aliphatic rings. The molecule has 0 bridgehead atoms. The Morgan fingerprint density at radius 2 is 1.20 bits per heavy atom. The minimum Gasteiger partial charge on any atom is -0.457 e. The summed E-state index contributed by atoms with van der Waals surface area (Å²) in [6.45, 7) is 2.02. The Kier molecular flexibility index (Phi) is 8.63. The number of ether oxygens (including phenoxy) is 1. The Labute approximate surface area is 255 Å². The van der Waals surface area contributed by atoms with E-state index < -0.39 is 19.9 Å². The number of esters is 1. The lowest BCUT2D eigenvalue weighted by Crippen LogP contribution is -2.11. The molecule has 4 aromatic carbocycles. The fourth-order valence-corrected chi connectivity index (χ4v) is 5.90. The van der Waals surface area contributed by atoms with Gasteiger partial charge in [-0.3, -0.25) is 0 Å². The minimum atomic E-state index is -3.70. The lowest BCUT2D eigenvalue weighted by Gasteiger charge is -2.05. The Bertz CT molecular complexity index is 2050. The van der Waals surface area contributed by atoms with Crippen LogP contribution in [0.15, 0.2) is 124 Å². The van der Waals surface area contributed by atoms with Crippen LogP contribution < -0.4 is 5.14 Å². The van der Waals surface area contributed by atoms with Gasteiger partial charge in [-0.25, -0.2) is 26.8 Å². The van der Waals surface area contributed by atoms with Crippen molar-refractivity contribution in [3.63, 3.8) is 0 Å². The Hall–Kier alpha value is -4.84. The van der Waals surface area contributed by atoms with Gasteiger partial charge in [0.25, 0.3) is 0 Å². The molecule has 5 aromatic rings. The van der Waals surface area contributed by atoms with Crippen LogP contribution in [0, 0.1) is 6.92 Å². The average Bonchev–Trinajstić information content (AvgIpc) is 3.60. The highest BCUT2D eigenvalue weighted by Gasteiger charge is 2.27. The topological polar surface area (TPSA) is 147 Å². The van der Waals surface area contributed by atoms with Crippen molar-refractivity contribution in [2.75, 3.05) is 12.9 Å². The zero-order valence-electron chi connectivity index (χ0n) is 23.8. The summed E-state index contributed by atoms with van der Waals surface area (Å²) >= 11 is 0. The van der Waals surface area contributed by atoms with Gasteiger partial charge in [0.2, 0.25) is 10.0 Å². The number of benzene rings is 4. The molecule has 0 radical (unpaired) electrons. The van der Waals surface area contributed by atoms with E-state index in [9.17, 15) is 21.6 Å². The van der Waals surface area contributed by atoms with Crippen molar-refractivity contribution in [1.82, 2.24) is 5.16 Å². The second kappa shape index (κ2) is 12.4. The number of sulfonamides is 1. The second-order valence-corrected chi connectivity index (χ2v) is 13.6. The van der Waals surface area contributed by atoms with E-state index in [0.29, 0.717) is 11.3 Å². The number of sulfone groups is 1. The minimum absolute atomic E-state index is 0.0756. The Morgan fingerprint density at radius 3 is 1.75 bits per heavy atom. The van der Waals surface area contributed by atoms with Crippen molar-refractivity contribution in [2.45, 2.75) is 16.7 Å². The van der Waals surface area contributed by atoms with Crippen LogP contribution in [0.25, 0.3) is 33.5 Å². The summed E-state index contributed by atoms with van der Waals surface area (Å²) in [7, 11) is -6.93. The number of aryl methyl sites for hydroxylation is 1. The van der Waals surface area contributed by atoms with Gasteiger partial charge in [0.1, 0.15) is 18.1 Å². The van der Waals surface area contributed by atoms with E-state index in [-0.39, 0.29) is 22.4 Å². The van der Waals surface area contributed by atoms with Gasteiger partial charge in [-0.2, -0.15) is 0 Å². The Morgan fingerprint density at radius 1 is 0.682 bits per heavy atom. The molecule has 0 fully saturated rings. The number of hydrogen-bond donors (Lipinski definition) is 1. The molecule has 9 nitrogen and oxygen atoms in total. The summed E-state index contributed by atoms with van der Waals surface area (Å²) in [4.78, 5) is 12.3. The van der Waals surface area contributed by atoms with Crippen molar-refractivity contribution >= 4 is 37.0 Å². The van der Waals surface area contributed by atoms with Gasteiger partial charge in [0.05, 0.1) is 20.9 Å². The second-order valence-electron chi connectivity index (χ2n) is 9.99. The average molecular weight is 629 g/mol. The number of cyclic esters (lactones) is 1. The fraction of sp³-hybridized carbons (Fsp3) is 0.0909. The molecular formula is C33H28N2O7S2. The normalized spacial score (nSPS) is 13.3. The number of primary sulfonamides is 1. The first-order valence-corrected chi connectivity index (χ1v) is 16.8. The third kappa shape index (κ3) is 6.70. The van der Waals surface area contributed by atoms with Crippen LogP contribution in [0.4, 0.5) is 0 Å². The highest BCUT2D eigenvalue weighted by atomic mass is 32.2. The van der Waals surface area contributed by atoms with E-state index in [4.69, 9.17) is 14.4 Å². The molecule has 1 aliphatic heterocycles. The predicted molar refractivity (Wildman–Crippen MR) is 167 cm³/mol. The summed E-state index contributed by atoms with van der Waals surface area (Å²) in [6.07, 6.45) is 1.17. The highest BCUT2D eigenvalue weighted by Crippen LogP contribution is 2.35. The molecule has 224 valence electrons. The molecule has 0 amide bonds. The van der Waals surface area contributed by atoms with Crippen LogP contribution in [0.3, 0.4) is 0 Å².